The summed E-state index contributed by atoms with van der Waals surface area (Å²) in [6, 6.07) is 4.13. The average molecular weight is 390 g/mol. The first-order valence-electron chi connectivity index (χ1n) is 8.91. The number of alkyl halides is 3. The first-order chi connectivity index (χ1) is 13.1. The van der Waals surface area contributed by atoms with E-state index in [9.17, 15) is 18.0 Å². The molecule has 0 radical (unpaired) electrons. The molecule has 3 aromatic rings. The number of benzene rings is 1. The second kappa shape index (κ2) is 7.26. The van der Waals surface area contributed by atoms with E-state index in [1.54, 1.807) is 30.7 Å². The molecule has 1 N–H and O–H groups in total. The maximum Gasteiger partial charge on any atom is 0.416 e. The molecule has 0 saturated heterocycles. The predicted octanol–water partition coefficient (Wildman–Crippen LogP) is 4.37. The number of nitrogens with zero attached hydrogens (tertiary/aromatic N) is 3. The number of halogens is 3. The Kier molecular flexibility index (Phi) is 5.14. The number of hydrogen-bond acceptors (Lipinski definition) is 4. The van der Waals surface area contributed by atoms with Crippen molar-refractivity contribution in [2.75, 3.05) is 5.32 Å². The van der Waals surface area contributed by atoms with Crippen LogP contribution in [0.3, 0.4) is 0 Å². The zero-order valence-electron chi connectivity index (χ0n) is 16.1. The molecule has 0 aliphatic carbocycles. The molecule has 2 aromatic heterocycles. The van der Waals surface area contributed by atoms with E-state index in [0.717, 1.165) is 6.07 Å². The van der Waals surface area contributed by atoms with Crippen molar-refractivity contribution in [3.05, 3.63) is 62.8 Å². The SMILES string of the molecule is CCn1cc2c(NCc3cccc(C(F)(F)F)c3C)nc(C)nc2c(C)c1=O. The molecule has 0 spiro atoms. The minimum absolute atomic E-state index is 0.118. The molecule has 0 aliphatic rings. The summed E-state index contributed by atoms with van der Waals surface area (Å²) in [6.45, 7) is 7.42. The van der Waals surface area contributed by atoms with Crippen LogP contribution in [-0.4, -0.2) is 14.5 Å². The molecule has 148 valence electrons. The van der Waals surface area contributed by atoms with E-state index in [4.69, 9.17) is 0 Å². The lowest BCUT2D eigenvalue weighted by Crippen LogP contribution is -2.22. The molecule has 28 heavy (non-hydrogen) atoms. The van der Waals surface area contributed by atoms with E-state index in [0.29, 0.717) is 40.2 Å². The highest BCUT2D eigenvalue weighted by Crippen LogP contribution is 2.33. The van der Waals surface area contributed by atoms with E-state index in [1.165, 1.54) is 13.0 Å². The van der Waals surface area contributed by atoms with Crippen LogP contribution in [0.15, 0.2) is 29.2 Å². The highest BCUT2D eigenvalue weighted by molar-refractivity contribution is 5.90. The summed E-state index contributed by atoms with van der Waals surface area (Å²) in [5.41, 5.74) is 1.01. The van der Waals surface area contributed by atoms with Gasteiger partial charge >= 0.3 is 6.18 Å². The Balaban J connectivity index is 2.04. The zero-order chi connectivity index (χ0) is 20.6. The minimum atomic E-state index is -4.40. The molecule has 0 aliphatic heterocycles. The monoisotopic (exact) mass is 390 g/mol. The third kappa shape index (κ3) is 3.58. The summed E-state index contributed by atoms with van der Waals surface area (Å²) in [5, 5.41) is 3.79. The number of aromatic nitrogens is 3. The Morgan fingerprint density at radius 1 is 1.11 bits per heavy atom. The van der Waals surface area contributed by atoms with E-state index in [-0.39, 0.29) is 17.7 Å². The molecule has 0 unspecified atom stereocenters. The van der Waals surface area contributed by atoms with Gasteiger partial charge in [0.15, 0.2) is 0 Å². The fraction of sp³-hybridized carbons (Fsp3) is 0.350. The van der Waals surface area contributed by atoms with Gasteiger partial charge in [-0.25, -0.2) is 9.97 Å². The summed E-state index contributed by atoms with van der Waals surface area (Å²) in [7, 11) is 0. The summed E-state index contributed by atoms with van der Waals surface area (Å²) in [5.74, 6) is 0.970. The molecule has 5 nitrogen and oxygen atoms in total. The predicted molar refractivity (Wildman–Crippen MR) is 102 cm³/mol. The van der Waals surface area contributed by atoms with Crippen molar-refractivity contribution in [1.29, 1.82) is 0 Å². The van der Waals surface area contributed by atoms with Gasteiger partial charge in [-0.15, -0.1) is 0 Å². The van der Waals surface area contributed by atoms with E-state index in [2.05, 4.69) is 15.3 Å². The minimum Gasteiger partial charge on any atom is -0.365 e. The molecule has 2 heterocycles. The summed E-state index contributed by atoms with van der Waals surface area (Å²) in [6.07, 6.45) is -2.71. The van der Waals surface area contributed by atoms with Crippen LogP contribution in [0.1, 0.15) is 35.0 Å². The molecule has 0 saturated carbocycles. The third-order valence-electron chi connectivity index (χ3n) is 4.82. The van der Waals surface area contributed by atoms with Crippen LogP contribution >= 0.6 is 0 Å². The molecule has 0 amide bonds. The van der Waals surface area contributed by atoms with Gasteiger partial charge in [-0.2, -0.15) is 13.2 Å². The fourth-order valence-corrected chi connectivity index (χ4v) is 3.25. The number of aryl methyl sites for hydroxylation is 3. The Labute approximate surface area is 160 Å². The first kappa shape index (κ1) is 19.9. The van der Waals surface area contributed by atoms with Gasteiger partial charge < -0.3 is 9.88 Å². The molecule has 3 rings (SSSR count). The van der Waals surface area contributed by atoms with Crippen LogP contribution in [0, 0.1) is 20.8 Å². The molecule has 8 heteroatoms. The third-order valence-corrected chi connectivity index (χ3v) is 4.82. The highest BCUT2D eigenvalue weighted by Gasteiger charge is 2.32. The number of anilines is 1. The van der Waals surface area contributed by atoms with Crippen LogP contribution < -0.4 is 10.9 Å². The number of pyridine rings is 1. The number of fused-ring (bicyclic) bond motifs is 1. The van der Waals surface area contributed by atoms with Crippen molar-refractivity contribution in [3.63, 3.8) is 0 Å². The standard InChI is InChI=1S/C20H21F3N4O/c1-5-27-10-15-17(12(3)19(27)28)25-13(4)26-18(15)24-9-14-7-6-8-16(11(14)2)20(21,22)23/h6-8,10H,5,9H2,1-4H3,(H,24,25,26). The average Bonchev–Trinajstić information content (AvgIpc) is 2.63. The molecular weight excluding hydrogens is 369 g/mol. The summed E-state index contributed by atoms with van der Waals surface area (Å²) >= 11 is 0. The van der Waals surface area contributed by atoms with Crippen molar-refractivity contribution >= 4 is 16.7 Å². The molecule has 0 bridgehead atoms. The van der Waals surface area contributed by atoms with Gasteiger partial charge in [0, 0.05) is 24.8 Å². The topological polar surface area (TPSA) is 59.8 Å². The molecule has 0 atom stereocenters. The van der Waals surface area contributed by atoms with Crippen LogP contribution in [0.4, 0.5) is 19.0 Å². The second-order valence-electron chi connectivity index (χ2n) is 6.67. The first-order valence-corrected chi connectivity index (χ1v) is 8.91. The summed E-state index contributed by atoms with van der Waals surface area (Å²) < 4.78 is 41.0. The Hall–Kier alpha value is -2.90. The quantitative estimate of drug-likeness (QED) is 0.719. The fourth-order valence-electron chi connectivity index (χ4n) is 3.25. The van der Waals surface area contributed by atoms with Gasteiger partial charge in [0.2, 0.25) is 0 Å². The van der Waals surface area contributed by atoms with Gasteiger partial charge in [0.1, 0.15) is 11.6 Å². The number of hydrogen-bond donors (Lipinski definition) is 1. The van der Waals surface area contributed by atoms with Gasteiger partial charge in [0.05, 0.1) is 16.5 Å². The van der Waals surface area contributed by atoms with Crippen LogP contribution in [0.25, 0.3) is 10.9 Å². The lowest BCUT2D eigenvalue weighted by atomic mass is 10.0. The lowest BCUT2D eigenvalue weighted by Gasteiger charge is -2.16. The maximum atomic E-state index is 13.1. The molecule has 1 aromatic carbocycles. The largest absolute Gasteiger partial charge is 0.416 e. The van der Waals surface area contributed by atoms with Crippen LogP contribution in [0.2, 0.25) is 0 Å². The van der Waals surface area contributed by atoms with Crippen molar-refractivity contribution in [1.82, 2.24) is 14.5 Å². The smallest absolute Gasteiger partial charge is 0.365 e. The van der Waals surface area contributed by atoms with Crippen LogP contribution in [-0.2, 0) is 19.3 Å². The van der Waals surface area contributed by atoms with Crippen molar-refractivity contribution in [3.8, 4) is 0 Å². The number of rotatable bonds is 4. The Morgan fingerprint density at radius 2 is 1.82 bits per heavy atom. The lowest BCUT2D eigenvalue weighted by molar-refractivity contribution is -0.138. The van der Waals surface area contributed by atoms with Crippen molar-refractivity contribution < 1.29 is 13.2 Å². The van der Waals surface area contributed by atoms with Crippen LogP contribution in [0.5, 0.6) is 0 Å². The van der Waals surface area contributed by atoms with Crippen molar-refractivity contribution in [2.24, 2.45) is 0 Å². The zero-order valence-corrected chi connectivity index (χ0v) is 16.1. The normalized spacial score (nSPS) is 11.8. The molecular formula is C20H21F3N4O. The Bertz CT molecular complexity index is 1100. The molecule has 0 fully saturated rings. The van der Waals surface area contributed by atoms with E-state index >= 15 is 0 Å². The number of nitrogens with one attached hydrogen (secondary N) is 1. The van der Waals surface area contributed by atoms with Gasteiger partial charge in [-0.05, 0) is 44.9 Å². The van der Waals surface area contributed by atoms with Crippen molar-refractivity contribution in [2.45, 2.75) is 47.0 Å². The Morgan fingerprint density at radius 3 is 2.46 bits per heavy atom. The van der Waals surface area contributed by atoms with E-state index in [1.807, 2.05) is 6.92 Å². The highest BCUT2D eigenvalue weighted by atomic mass is 19.4. The maximum absolute atomic E-state index is 13.1. The van der Waals surface area contributed by atoms with Gasteiger partial charge in [-0.1, -0.05) is 12.1 Å². The second-order valence-corrected chi connectivity index (χ2v) is 6.67. The van der Waals surface area contributed by atoms with E-state index < -0.39 is 11.7 Å². The van der Waals surface area contributed by atoms with Gasteiger partial charge in [0.25, 0.3) is 5.56 Å². The van der Waals surface area contributed by atoms with Gasteiger partial charge in [-0.3, -0.25) is 4.79 Å². The summed E-state index contributed by atoms with van der Waals surface area (Å²) in [4.78, 5) is 21.1.